The molecule has 0 radical (unpaired) electrons. The molecule has 0 aromatic carbocycles. The Morgan fingerprint density at radius 3 is 1.35 bits per heavy atom. The monoisotopic (exact) mass is 407 g/mol. The van der Waals surface area contributed by atoms with Crippen molar-refractivity contribution < 1.29 is 36.4 Å². The van der Waals surface area contributed by atoms with Gasteiger partial charge in [0.15, 0.2) is 0 Å². The van der Waals surface area contributed by atoms with Crippen LogP contribution in [0.4, 0.5) is 0 Å². The van der Waals surface area contributed by atoms with Gasteiger partial charge in [-0.05, 0) is 12.3 Å². The molecule has 0 rings (SSSR count). The molecule has 0 saturated heterocycles. The van der Waals surface area contributed by atoms with Gasteiger partial charge in [0.2, 0.25) is 0 Å². The number of carboxylic acid groups (broad SMARTS) is 1. The minimum absolute atomic E-state index is 0.146. The number of aliphatic carboxylic acids is 1. The first kappa shape index (κ1) is 28.2. The predicted octanol–water partition coefficient (Wildman–Crippen LogP) is 6.54. The van der Waals surface area contributed by atoms with Gasteiger partial charge in [0.25, 0.3) is 0 Å². The van der Waals surface area contributed by atoms with Gasteiger partial charge in [-0.25, -0.2) is 0 Å². The molecule has 0 aliphatic carbocycles. The zero-order valence-electron chi connectivity index (χ0n) is 17.5. The van der Waals surface area contributed by atoms with Crippen molar-refractivity contribution in [3.63, 3.8) is 0 Å². The molecule has 1 atom stereocenters. The number of carbonyl (C=O) groups is 1. The van der Waals surface area contributed by atoms with E-state index in [2.05, 4.69) is 6.92 Å². The zero-order chi connectivity index (χ0) is 20.0. The molecule has 0 saturated carbocycles. The quantitative estimate of drug-likeness (QED) is 0.212. The minimum atomic E-state index is -1.75. The summed E-state index contributed by atoms with van der Waals surface area (Å²) in [5, 5.41) is 9.15. The van der Waals surface area contributed by atoms with Gasteiger partial charge in [-0.2, -0.15) is 0 Å². The van der Waals surface area contributed by atoms with Crippen LogP contribution in [0.15, 0.2) is 0 Å². The molecule has 0 bridgehead atoms. The van der Waals surface area contributed by atoms with Gasteiger partial charge in [0, 0.05) is 0 Å². The number of hydrogen-bond donors (Lipinski definition) is 2. The fraction of sp³-hybridized carbons (Fsp3) is 0.952. The second kappa shape index (κ2) is 23.0. The van der Waals surface area contributed by atoms with E-state index in [1.54, 1.807) is 0 Å². The fourth-order valence-corrected chi connectivity index (χ4v) is 3.30. The van der Waals surface area contributed by atoms with E-state index in [9.17, 15) is 4.79 Å². The average molecular weight is 407 g/mol. The van der Waals surface area contributed by atoms with Crippen LogP contribution in [-0.4, -0.2) is 14.8 Å². The van der Waals surface area contributed by atoms with Crippen LogP contribution in [0.3, 0.4) is 0 Å². The van der Waals surface area contributed by atoms with Crippen molar-refractivity contribution in [3.8, 4) is 0 Å². The van der Waals surface area contributed by atoms with Crippen LogP contribution in [0.25, 0.3) is 0 Å². The van der Waals surface area contributed by atoms with Crippen molar-refractivity contribution in [1.82, 2.24) is 0 Å². The number of rotatable bonds is 17. The Labute approximate surface area is 171 Å². The molecular formula is C21H43O4Ti. The molecule has 0 fully saturated rings. The van der Waals surface area contributed by atoms with Crippen LogP contribution in [0.5, 0.6) is 0 Å². The maximum atomic E-state index is 11.1. The van der Waals surface area contributed by atoms with Crippen LogP contribution in [0, 0.1) is 11.8 Å². The summed E-state index contributed by atoms with van der Waals surface area (Å²) in [4.78, 5) is 11.1. The van der Waals surface area contributed by atoms with Crippen molar-refractivity contribution >= 4 is 5.97 Å². The van der Waals surface area contributed by atoms with Crippen LogP contribution in [0.1, 0.15) is 117 Å². The van der Waals surface area contributed by atoms with Crippen LogP contribution < -0.4 is 0 Å². The standard InChI is InChI=1S/C21H42O2.H2O.O.Ti/c1-4-5-6-7-8-9-10-11-12-13-14-15-16-17-18-20(19(2)3)21(22)23;;;/h19-20H,4-18H2,1-3H3,(H,22,23);1H2;;/q;;;+1/p-1. The molecule has 155 valence electrons. The predicted molar refractivity (Wildman–Crippen MR) is 104 cm³/mol. The van der Waals surface area contributed by atoms with E-state index >= 15 is 0 Å². The van der Waals surface area contributed by atoms with Crippen LogP contribution >= 0.6 is 0 Å². The van der Waals surface area contributed by atoms with Gasteiger partial charge in [-0.3, -0.25) is 4.79 Å². The SMILES string of the molecule is CCCCCCCCCCCCCCCCC(C(=O)O)C(C)C.[O]=[Ti][OH]. The summed E-state index contributed by atoms with van der Waals surface area (Å²) in [7, 11) is 0. The first-order valence-electron chi connectivity index (χ1n) is 10.7. The molecule has 1 unspecified atom stereocenters. The van der Waals surface area contributed by atoms with Gasteiger partial charge in [0.05, 0.1) is 5.92 Å². The normalized spacial score (nSPS) is 11.6. The molecule has 0 aromatic heterocycles. The Morgan fingerprint density at radius 1 is 0.769 bits per heavy atom. The topological polar surface area (TPSA) is 74.6 Å². The Morgan fingerprint density at radius 2 is 1.08 bits per heavy atom. The number of carboxylic acids is 1. The third-order valence-corrected chi connectivity index (χ3v) is 4.99. The van der Waals surface area contributed by atoms with E-state index < -0.39 is 25.5 Å². The zero-order valence-corrected chi connectivity index (χ0v) is 19.0. The summed E-state index contributed by atoms with van der Waals surface area (Å²) in [5.74, 6) is -0.503. The summed E-state index contributed by atoms with van der Waals surface area (Å²) < 4.78 is 15.8. The summed E-state index contributed by atoms with van der Waals surface area (Å²) in [6.45, 7) is 6.31. The fourth-order valence-electron chi connectivity index (χ4n) is 3.30. The Bertz CT molecular complexity index is 308. The molecule has 0 aliphatic rings. The van der Waals surface area contributed by atoms with Gasteiger partial charge < -0.3 is 5.11 Å². The molecular weight excluding hydrogens is 364 g/mol. The Balaban J connectivity index is 0. The first-order chi connectivity index (χ1) is 12.5. The molecule has 0 aliphatic heterocycles. The Hall–Kier alpha value is -0.0557. The van der Waals surface area contributed by atoms with Crippen LogP contribution in [0.2, 0.25) is 0 Å². The summed E-state index contributed by atoms with van der Waals surface area (Å²) in [6, 6.07) is 0. The summed E-state index contributed by atoms with van der Waals surface area (Å²) in [6.07, 6.45) is 19.8. The number of unbranched alkanes of at least 4 members (excludes halogenated alkanes) is 13. The average Bonchev–Trinajstić information content (AvgIpc) is 2.58. The van der Waals surface area contributed by atoms with E-state index in [1.165, 1.54) is 83.5 Å². The molecule has 0 amide bonds. The van der Waals surface area contributed by atoms with Gasteiger partial charge in [0.1, 0.15) is 0 Å². The van der Waals surface area contributed by atoms with Crippen LogP contribution in [-0.2, 0) is 27.6 Å². The third-order valence-electron chi connectivity index (χ3n) is 4.99. The van der Waals surface area contributed by atoms with Gasteiger partial charge in [-0.1, -0.05) is 111 Å². The molecule has 5 heteroatoms. The van der Waals surface area contributed by atoms with Crippen molar-refractivity contribution in [2.24, 2.45) is 11.8 Å². The van der Waals surface area contributed by atoms with Crippen molar-refractivity contribution in [3.05, 3.63) is 0 Å². The van der Waals surface area contributed by atoms with E-state index in [4.69, 9.17) is 12.1 Å². The van der Waals surface area contributed by atoms with Gasteiger partial charge in [-0.15, -0.1) is 0 Å². The maximum absolute atomic E-state index is 11.1. The summed E-state index contributed by atoms with van der Waals surface area (Å²) in [5.41, 5.74) is 0. The third kappa shape index (κ3) is 22.0. The van der Waals surface area contributed by atoms with E-state index in [0.717, 1.165) is 12.8 Å². The van der Waals surface area contributed by atoms with Crippen molar-refractivity contribution in [1.29, 1.82) is 0 Å². The molecule has 0 heterocycles. The second-order valence-corrected chi connectivity index (χ2v) is 7.95. The van der Waals surface area contributed by atoms with E-state index in [-0.39, 0.29) is 11.8 Å². The summed E-state index contributed by atoms with van der Waals surface area (Å²) >= 11 is -1.75. The van der Waals surface area contributed by atoms with Gasteiger partial charge >= 0.3 is 32.5 Å². The second-order valence-electron chi connectivity index (χ2n) is 7.66. The van der Waals surface area contributed by atoms with Crippen molar-refractivity contribution in [2.75, 3.05) is 0 Å². The molecule has 0 spiro atoms. The number of hydrogen-bond acceptors (Lipinski definition) is 2. The molecule has 26 heavy (non-hydrogen) atoms. The Kier molecular flexibility index (Phi) is 24.9. The molecule has 0 aromatic rings. The molecule has 2 N–H and O–H groups in total. The first-order valence-corrected chi connectivity index (χ1v) is 12.1. The molecule has 4 nitrogen and oxygen atoms in total. The van der Waals surface area contributed by atoms with E-state index in [0.29, 0.717) is 0 Å². The van der Waals surface area contributed by atoms with E-state index in [1.807, 2.05) is 13.8 Å². The van der Waals surface area contributed by atoms with Crippen molar-refractivity contribution in [2.45, 2.75) is 117 Å².